The molecule has 0 spiro atoms. The van der Waals surface area contributed by atoms with E-state index in [1.807, 2.05) is 25.3 Å². The van der Waals surface area contributed by atoms with Crippen LogP contribution in [-0.4, -0.2) is 115 Å². The molecular weight excluding hydrogens is 906 g/mol. The van der Waals surface area contributed by atoms with Crippen LogP contribution >= 0.6 is 23.1 Å². The molecule has 2 unspecified atom stereocenters. The highest BCUT2D eigenvalue weighted by Gasteiger charge is 2.31. The van der Waals surface area contributed by atoms with E-state index in [-0.39, 0.29) is 0 Å². The highest BCUT2D eigenvalue weighted by atomic mass is 79.9. The van der Waals surface area contributed by atoms with Crippen LogP contribution in [0.15, 0.2) is 96.5 Å². The summed E-state index contributed by atoms with van der Waals surface area (Å²) in [6.07, 6.45) is 14.5. The molecule has 3 saturated heterocycles. The average Bonchev–Trinajstić information content (AvgIpc) is 3.80. The molecule has 5 heterocycles. The van der Waals surface area contributed by atoms with Crippen LogP contribution in [0.2, 0.25) is 0 Å². The van der Waals surface area contributed by atoms with Gasteiger partial charge in [-0.05, 0) is 133 Å². The number of allylic oxidation sites excluding steroid dienone is 2. The number of piperidine rings is 1. The number of aryl methyl sites for hydroxylation is 2. The molecule has 2 atom stereocenters. The van der Waals surface area contributed by atoms with Crippen molar-refractivity contribution in [3.63, 3.8) is 0 Å². The lowest BCUT2D eigenvalue weighted by Crippen LogP contribution is -2.54. The van der Waals surface area contributed by atoms with Crippen molar-refractivity contribution in [2.75, 3.05) is 99.7 Å². The molecule has 350 valence electrons. The third-order valence-corrected chi connectivity index (χ3v) is 16.2. The predicted molar refractivity (Wildman–Crippen MR) is 281 cm³/mol. The smallest absolute Gasteiger partial charge is 0.229 e. The van der Waals surface area contributed by atoms with Crippen LogP contribution in [0.3, 0.4) is 0 Å². The summed E-state index contributed by atoms with van der Waals surface area (Å²) in [7, 11) is -0.778. The molecule has 3 aliphatic heterocycles. The Morgan fingerprint density at radius 3 is 2.30 bits per heavy atom. The van der Waals surface area contributed by atoms with Gasteiger partial charge in [0, 0.05) is 119 Å². The summed E-state index contributed by atoms with van der Waals surface area (Å²) in [5.41, 5.74) is 10.7. The highest BCUT2D eigenvalue weighted by Crippen LogP contribution is 2.42. The number of halogens is 1. The summed E-state index contributed by atoms with van der Waals surface area (Å²) in [6.45, 7) is 26.5. The Morgan fingerprint density at radius 1 is 0.879 bits per heavy atom. The molecule has 66 heavy (non-hydrogen) atoms. The number of nitrogens with one attached hydrogen (secondary N) is 3. The van der Waals surface area contributed by atoms with E-state index in [2.05, 4.69) is 130 Å². The van der Waals surface area contributed by atoms with Gasteiger partial charge in [-0.15, -0.1) is 6.58 Å². The molecule has 5 aromatic rings. The number of anilines is 6. The molecular formula is C52H69BrN11OP. The van der Waals surface area contributed by atoms with Gasteiger partial charge in [0.05, 0.1) is 21.0 Å². The van der Waals surface area contributed by atoms with Crippen LogP contribution < -0.4 is 31.1 Å². The molecule has 0 aliphatic carbocycles. The van der Waals surface area contributed by atoms with E-state index in [0.717, 1.165) is 63.2 Å². The van der Waals surface area contributed by atoms with Gasteiger partial charge in [0.25, 0.3) is 0 Å². The molecule has 8 rings (SSSR count). The minimum absolute atomic E-state index is 0.305. The molecule has 3 fully saturated rings. The Balaban J connectivity index is 0.840. The summed E-state index contributed by atoms with van der Waals surface area (Å²) in [4.78, 5) is 29.2. The second-order valence-electron chi connectivity index (χ2n) is 18.7. The zero-order valence-corrected chi connectivity index (χ0v) is 42.2. The minimum atomic E-state index is -2.74. The molecule has 3 aromatic carbocycles. The molecule has 2 aromatic heterocycles. The van der Waals surface area contributed by atoms with Gasteiger partial charge in [-0.1, -0.05) is 38.6 Å². The maximum absolute atomic E-state index is 13.6. The molecule has 14 heteroatoms. The van der Waals surface area contributed by atoms with Gasteiger partial charge in [-0.25, -0.2) is 4.98 Å². The van der Waals surface area contributed by atoms with Crippen molar-refractivity contribution in [1.82, 2.24) is 35.1 Å². The molecule has 0 bridgehead atoms. The minimum Gasteiger partial charge on any atom is -0.391 e. The van der Waals surface area contributed by atoms with Crippen molar-refractivity contribution < 1.29 is 4.57 Å². The number of hydrogen-bond acceptors (Lipinski definition) is 12. The Bertz CT molecular complexity index is 2530. The first-order valence-corrected chi connectivity index (χ1v) is 27.4. The summed E-state index contributed by atoms with van der Waals surface area (Å²) < 4.78 is 14.3. The summed E-state index contributed by atoms with van der Waals surface area (Å²) >= 11 is 3.64. The first-order chi connectivity index (χ1) is 32.0. The van der Waals surface area contributed by atoms with Crippen molar-refractivity contribution in [1.29, 1.82) is 0 Å². The van der Waals surface area contributed by atoms with Gasteiger partial charge in [-0.2, -0.15) is 4.98 Å². The Hall–Kier alpha value is -4.81. The number of nitrogens with zero attached hydrogens (tertiary/aromatic N) is 8. The maximum atomic E-state index is 13.6. The van der Waals surface area contributed by atoms with Crippen molar-refractivity contribution in [3.8, 4) is 0 Å². The van der Waals surface area contributed by atoms with Crippen LogP contribution in [0.5, 0.6) is 0 Å². The predicted octanol–water partition coefficient (Wildman–Crippen LogP) is 9.94. The standard InChI is InChI=1S/C52H69BrN11OP/c1-8-11-12-43(36(4)54-5)40-13-15-41(16-14-40)64-24-19-37(35-64)34-61-27-29-62(30-28-61)42-20-25-63(26-21-42)48-32-38(9-2)47(31-39(48)10-3)59-52-57-33-44(53)51(60-52)58-46-18-17-45-49(56-23-22-55-45)50(46)66(6,7)65/h8,13-18,22-23,31-33,37,42-43,54H,1,4,9-12,19-21,24-30,34-35H2,2-3,5-7H3,(H2,57,58,59,60). The quantitative estimate of drug-likeness (QED) is 0.0574. The number of hydrogen-bond donors (Lipinski definition) is 3. The van der Waals surface area contributed by atoms with E-state index in [4.69, 9.17) is 4.98 Å². The molecule has 0 saturated carbocycles. The normalized spacial score (nSPS) is 18.1. The Kier molecular flexibility index (Phi) is 15.5. The fourth-order valence-corrected chi connectivity index (χ4v) is 12.1. The van der Waals surface area contributed by atoms with Crippen LogP contribution in [0.25, 0.3) is 11.0 Å². The maximum Gasteiger partial charge on any atom is 0.229 e. The van der Waals surface area contributed by atoms with Crippen LogP contribution in [0.4, 0.5) is 34.5 Å². The molecule has 0 radical (unpaired) electrons. The van der Waals surface area contributed by atoms with E-state index >= 15 is 0 Å². The van der Waals surface area contributed by atoms with E-state index in [1.54, 1.807) is 31.9 Å². The lowest BCUT2D eigenvalue weighted by molar-refractivity contribution is 0.0777. The Labute approximate surface area is 401 Å². The van der Waals surface area contributed by atoms with E-state index in [1.165, 1.54) is 80.1 Å². The van der Waals surface area contributed by atoms with E-state index < -0.39 is 7.14 Å². The number of piperazine rings is 1. The monoisotopic (exact) mass is 973 g/mol. The third-order valence-electron chi connectivity index (χ3n) is 14.1. The van der Waals surface area contributed by atoms with Crippen LogP contribution in [-0.2, 0) is 17.4 Å². The number of rotatable bonds is 18. The van der Waals surface area contributed by atoms with Crippen molar-refractivity contribution in [2.45, 2.75) is 70.8 Å². The summed E-state index contributed by atoms with van der Waals surface area (Å²) in [6, 6.07) is 18.4. The second kappa shape index (κ2) is 21.4. The number of benzene rings is 3. The lowest BCUT2D eigenvalue weighted by atomic mass is 9.91. The summed E-state index contributed by atoms with van der Waals surface area (Å²) in [5.74, 6) is 2.07. The molecule has 0 amide bonds. The lowest BCUT2D eigenvalue weighted by Gasteiger charge is -2.44. The third kappa shape index (κ3) is 11.0. The van der Waals surface area contributed by atoms with Crippen molar-refractivity contribution in [3.05, 3.63) is 113 Å². The van der Waals surface area contributed by atoms with Crippen molar-refractivity contribution >= 4 is 73.9 Å². The largest absolute Gasteiger partial charge is 0.391 e. The van der Waals surface area contributed by atoms with Gasteiger partial charge in [0.15, 0.2) is 0 Å². The van der Waals surface area contributed by atoms with Gasteiger partial charge >= 0.3 is 0 Å². The fraction of sp³-hybridized carbons (Fsp3) is 0.462. The number of aromatic nitrogens is 4. The zero-order valence-electron chi connectivity index (χ0n) is 39.7. The van der Waals surface area contributed by atoms with Crippen LogP contribution in [0.1, 0.15) is 68.6 Å². The van der Waals surface area contributed by atoms with Gasteiger partial charge in [0.2, 0.25) is 5.95 Å². The van der Waals surface area contributed by atoms with E-state index in [9.17, 15) is 4.57 Å². The van der Waals surface area contributed by atoms with Gasteiger partial charge in [0.1, 0.15) is 18.5 Å². The Morgan fingerprint density at radius 2 is 1.61 bits per heavy atom. The number of likely N-dealkylation sites (N-methyl/N-ethyl adjacent to an activating group) is 1. The van der Waals surface area contributed by atoms with E-state index in [0.29, 0.717) is 56.1 Å². The zero-order chi connectivity index (χ0) is 46.4. The van der Waals surface area contributed by atoms with Crippen LogP contribution in [0, 0.1) is 5.92 Å². The molecule has 3 N–H and O–H groups in total. The van der Waals surface area contributed by atoms with Gasteiger partial charge in [-0.3, -0.25) is 14.9 Å². The first-order valence-electron chi connectivity index (χ1n) is 24.0. The van der Waals surface area contributed by atoms with Gasteiger partial charge < -0.3 is 35.2 Å². The first kappa shape index (κ1) is 47.7. The van der Waals surface area contributed by atoms with Crippen molar-refractivity contribution in [2.24, 2.45) is 5.92 Å². The topological polar surface area (TPSA) is 118 Å². The fourth-order valence-electron chi connectivity index (χ4n) is 10.4. The number of fused-ring (bicyclic) bond motifs is 1. The summed E-state index contributed by atoms with van der Waals surface area (Å²) in [5, 5.41) is 10.9. The molecule has 3 aliphatic rings. The SMILES string of the molecule is C=CCCC(C(=C)NC)c1ccc(N2CCC(CN3CCN(C4CCN(c5cc(CC)c(Nc6ncc(Br)c(Nc7ccc8nccnc8c7P(C)(C)=O)n6)cc5CC)CC4)CC3)C2)cc1. The average molecular weight is 975 g/mol. The highest BCUT2D eigenvalue weighted by molar-refractivity contribution is 9.10. The second-order valence-corrected chi connectivity index (χ2v) is 22.7. The molecule has 12 nitrogen and oxygen atoms in total.